The van der Waals surface area contributed by atoms with Gasteiger partial charge in [0.05, 0.1) is 6.04 Å². The molecule has 3 rings (SSSR count). The summed E-state index contributed by atoms with van der Waals surface area (Å²) in [5, 5.41) is 2.80. The number of hydrogen-bond acceptors (Lipinski definition) is 5. The van der Waals surface area contributed by atoms with Crippen molar-refractivity contribution in [2.24, 2.45) is 5.92 Å². The van der Waals surface area contributed by atoms with Crippen molar-refractivity contribution in [1.82, 2.24) is 20.2 Å². The van der Waals surface area contributed by atoms with Crippen LogP contribution in [0.2, 0.25) is 0 Å². The van der Waals surface area contributed by atoms with Crippen LogP contribution in [0.5, 0.6) is 0 Å². The van der Waals surface area contributed by atoms with E-state index in [4.69, 9.17) is 0 Å². The van der Waals surface area contributed by atoms with E-state index in [9.17, 15) is 13.6 Å². The fraction of sp³-hybridized carbons (Fsp3) is 0.389. The van der Waals surface area contributed by atoms with Crippen molar-refractivity contribution in [3.05, 3.63) is 54.0 Å². The van der Waals surface area contributed by atoms with Crippen molar-refractivity contribution in [3.8, 4) is 0 Å². The van der Waals surface area contributed by atoms with E-state index in [-0.39, 0.29) is 12.0 Å². The Morgan fingerprint density at radius 2 is 2.00 bits per heavy atom. The van der Waals surface area contributed by atoms with Gasteiger partial charge in [0.1, 0.15) is 29.3 Å². The SMILES string of the molecule is CN(C)C[C@@H]1CN(c2ccncn2)C[C@H]1NC(=O)c1c(F)cccc1F. The number of aromatic nitrogens is 2. The van der Waals surface area contributed by atoms with Crippen LogP contribution >= 0.6 is 0 Å². The summed E-state index contributed by atoms with van der Waals surface area (Å²) in [7, 11) is 3.89. The molecule has 1 aliphatic heterocycles. The van der Waals surface area contributed by atoms with Crippen LogP contribution in [0.1, 0.15) is 10.4 Å². The molecule has 0 aliphatic carbocycles. The summed E-state index contributed by atoms with van der Waals surface area (Å²) in [6.45, 7) is 1.92. The molecule has 1 saturated heterocycles. The second-order valence-corrected chi connectivity index (χ2v) is 6.67. The summed E-state index contributed by atoms with van der Waals surface area (Å²) in [5.74, 6) is -1.61. The number of halogens is 2. The number of rotatable bonds is 5. The minimum Gasteiger partial charge on any atom is -0.354 e. The van der Waals surface area contributed by atoms with E-state index in [1.165, 1.54) is 12.4 Å². The van der Waals surface area contributed by atoms with Gasteiger partial charge in [-0.05, 0) is 32.3 Å². The first kappa shape index (κ1) is 18.2. The monoisotopic (exact) mass is 361 g/mol. The molecule has 1 fully saturated rings. The zero-order valence-corrected chi connectivity index (χ0v) is 14.7. The normalized spacial score (nSPS) is 19.8. The Bertz CT molecular complexity index is 751. The minimum atomic E-state index is -0.864. The van der Waals surface area contributed by atoms with E-state index in [0.29, 0.717) is 13.1 Å². The predicted molar refractivity (Wildman–Crippen MR) is 93.9 cm³/mol. The molecule has 0 bridgehead atoms. The first-order valence-corrected chi connectivity index (χ1v) is 8.36. The third-order valence-corrected chi connectivity index (χ3v) is 4.44. The van der Waals surface area contributed by atoms with Crippen LogP contribution < -0.4 is 10.2 Å². The van der Waals surface area contributed by atoms with Crippen LogP contribution in [0.15, 0.2) is 36.8 Å². The van der Waals surface area contributed by atoms with E-state index >= 15 is 0 Å². The smallest absolute Gasteiger partial charge is 0.257 e. The quantitative estimate of drug-likeness (QED) is 0.876. The lowest BCUT2D eigenvalue weighted by atomic mass is 10.0. The standard InChI is InChI=1S/C18H21F2N5O/c1-24(2)8-12-9-25(16-6-7-21-11-22-16)10-15(12)23-18(26)17-13(19)4-3-5-14(17)20/h3-7,11-12,15H,8-10H2,1-2H3,(H,23,26)/t12-,15-/m1/s1. The molecule has 0 unspecified atom stereocenters. The van der Waals surface area contributed by atoms with Crippen molar-refractivity contribution in [2.75, 3.05) is 38.6 Å². The number of carbonyl (C=O) groups excluding carboxylic acids is 1. The highest BCUT2D eigenvalue weighted by atomic mass is 19.1. The molecular weight excluding hydrogens is 340 g/mol. The molecule has 1 amide bonds. The Morgan fingerprint density at radius 1 is 1.27 bits per heavy atom. The molecule has 138 valence electrons. The Labute approximate surface area is 150 Å². The molecule has 0 radical (unpaired) electrons. The van der Waals surface area contributed by atoms with E-state index < -0.39 is 23.1 Å². The first-order chi connectivity index (χ1) is 12.5. The van der Waals surface area contributed by atoms with Gasteiger partial charge in [-0.3, -0.25) is 4.79 Å². The minimum absolute atomic E-state index is 0.0961. The maximum atomic E-state index is 13.9. The van der Waals surface area contributed by atoms with Crippen LogP contribution in [-0.4, -0.2) is 60.5 Å². The number of amides is 1. The number of carbonyl (C=O) groups is 1. The number of hydrogen-bond donors (Lipinski definition) is 1. The second kappa shape index (κ2) is 7.74. The van der Waals surface area contributed by atoms with Crippen LogP contribution in [0, 0.1) is 17.6 Å². The van der Waals surface area contributed by atoms with Gasteiger partial charge in [0.25, 0.3) is 5.91 Å². The third kappa shape index (κ3) is 3.96. The Balaban J connectivity index is 1.78. The van der Waals surface area contributed by atoms with Crippen molar-refractivity contribution in [1.29, 1.82) is 0 Å². The lowest BCUT2D eigenvalue weighted by molar-refractivity contribution is 0.0919. The summed E-state index contributed by atoms with van der Waals surface area (Å²) >= 11 is 0. The molecule has 2 aromatic rings. The fourth-order valence-electron chi connectivity index (χ4n) is 3.30. The summed E-state index contributed by atoms with van der Waals surface area (Å²) in [5.41, 5.74) is -0.545. The van der Waals surface area contributed by atoms with E-state index in [1.807, 2.05) is 23.9 Å². The van der Waals surface area contributed by atoms with Crippen LogP contribution in [0.4, 0.5) is 14.6 Å². The molecule has 1 aromatic heterocycles. The van der Waals surface area contributed by atoms with Gasteiger partial charge in [0.15, 0.2) is 0 Å². The van der Waals surface area contributed by atoms with Gasteiger partial charge in [-0.15, -0.1) is 0 Å². The van der Waals surface area contributed by atoms with E-state index in [0.717, 1.165) is 24.5 Å². The summed E-state index contributed by atoms with van der Waals surface area (Å²) < 4.78 is 27.8. The van der Waals surface area contributed by atoms with Gasteiger partial charge in [0.2, 0.25) is 0 Å². The fourth-order valence-corrected chi connectivity index (χ4v) is 3.30. The highest BCUT2D eigenvalue weighted by molar-refractivity contribution is 5.95. The zero-order valence-electron chi connectivity index (χ0n) is 14.7. The van der Waals surface area contributed by atoms with Gasteiger partial charge in [-0.2, -0.15) is 0 Å². The number of benzene rings is 1. The van der Waals surface area contributed by atoms with E-state index in [2.05, 4.69) is 15.3 Å². The van der Waals surface area contributed by atoms with Gasteiger partial charge in [-0.25, -0.2) is 18.7 Å². The molecular formula is C18H21F2N5O. The Hall–Kier alpha value is -2.61. The summed E-state index contributed by atoms with van der Waals surface area (Å²) in [6.07, 6.45) is 3.13. The van der Waals surface area contributed by atoms with Crippen molar-refractivity contribution in [3.63, 3.8) is 0 Å². The molecule has 0 saturated carbocycles. The molecule has 6 nitrogen and oxygen atoms in total. The molecule has 1 aliphatic rings. The summed E-state index contributed by atoms with van der Waals surface area (Å²) in [6, 6.07) is 4.95. The van der Waals surface area contributed by atoms with Gasteiger partial charge in [-0.1, -0.05) is 6.07 Å². The van der Waals surface area contributed by atoms with Crippen molar-refractivity contribution >= 4 is 11.7 Å². The van der Waals surface area contributed by atoms with Crippen molar-refractivity contribution < 1.29 is 13.6 Å². The molecule has 26 heavy (non-hydrogen) atoms. The summed E-state index contributed by atoms with van der Waals surface area (Å²) in [4.78, 5) is 24.7. The molecule has 2 atom stereocenters. The Kier molecular flexibility index (Phi) is 5.41. The Morgan fingerprint density at radius 3 is 2.62 bits per heavy atom. The second-order valence-electron chi connectivity index (χ2n) is 6.67. The van der Waals surface area contributed by atoms with Gasteiger partial charge >= 0.3 is 0 Å². The van der Waals surface area contributed by atoms with Crippen LogP contribution in [0.3, 0.4) is 0 Å². The first-order valence-electron chi connectivity index (χ1n) is 8.36. The van der Waals surface area contributed by atoms with Gasteiger partial charge in [0, 0.05) is 31.7 Å². The van der Waals surface area contributed by atoms with Crippen LogP contribution in [-0.2, 0) is 0 Å². The third-order valence-electron chi connectivity index (χ3n) is 4.44. The average Bonchev–Trinajstić information content (AvgIpc) is 2.97. The van der Waals surface area contributed by atoms with E-state index in [1.54, 1.807) is 12.3 Å². The predicted octanol–water partition coefficient (Wildman–Crippen LogP) is 1.55. The van der Waals surface area contributed by atoms with Gasteiger partial charge < -0.3 is 15.1 Å². The maximum Gasteiger partial charge on any atom is 0.257 e. The number of anilines is 1. The maximum absolute atomic E-state index is 13.9. The topological polar surface area (TPSA) is 61.4 Å². The average molecular weight is 361 g/mol. The molecule has 2 heterocycles. The largest absolute Gasteiger partial charge is 0.354 e. The molecule has 8 heteroatoms. The highest BCUT2D eigenvalue weighted by Gasteiger charge is 2.35. The molecule has 0 spiro atoms. The van der Waals surface area contributed by atoms with Crippen molar-refractivity contribution in [2.45, 2.75) is 6.04 Å². The van der Waals surface area contributed by atoms with Crippen LogP contribution in [0.25, 0.3) is 0 Å². The molecule has 1 N–H and O–H groups in total. The zero-order chi connectivity index (χ0) is 18.7. The lowest BCUT2D eigenvalue weighted by Gasteiger charge is -2.22. The highest BCUT2D eigenvalue weighted by Crippen LogP contribution is 2.23. The number of nitrogens with zero attached hydrogens (tertiary/aromatic N) is 4. The lowest BCUT2D eigenvalue weighted by Crippen LogP contribution is -2.43. The number of nitrogens with one attached hydrogen (secondary N) is 1. The molecule has 1 aromatic carbocycles.